The summed E-state index contributed by atoms with van der Waals surface area (Å²) in [6.07, 6.45) is 2.47. The molecule has 0 aliphatic heterocycles. The van der Waals surface area contributed by atoms with E-state index in [1.807, 2.05) is 6.92 Å². The molecule has 2 unspecified atom stereocenters. The van der Waals surface area contributed by atoms with E-state index in [2.05, 4.69) is 40.1 Å². The Morgan fingerprint density at radius 1 is 1.33 bits per heavy atom. The van der Waals surface area contributed by atoms with Crippen molar-refractivity contribution in [3.8, 4) is 0 Å². The van der Waals surface area contributed by atoms with Crippen LogP contribution in [0, 0.1) is 16.7 Å². The molecular formula is C13H25NO. The van der Waals surface area contributed by atoms with Crippen molar-refractivity contribution < 1.29 is 5.21 Å². The van der Waals surface area contributed by atoms with Gasteiger partial charge in [0.05, 0.1) is 0 Å². The molecule has 1 fully saturated rings. The number of hydrogen-bond acceptors (Lipinski definition) is 2. The van der Waals surface area contributed by atoms with Gasteiger partial charge in [0, 0.05) is 5.70 Å². The molecule has 0 spiro atoms. The number of rotatable bonds is 3. The van der Waals surface area contributed by atoms with Gasteiger partial charge in [-0.25, -0.2) is 0 Å². The highest BCUT2D eigenvalue weighted by Gasteiger charge is 2.56. The Morgan fingerprint density at radius 3 is 2.20 bits per heavy atom. The molecule has 0 heterocycles. The summed E-state index contributed by atoms with van der Waals surface area (Å²) in [5.41, 5.74) is 5.27. The monoisotopic (exact) mass is 211 g/mol. The summed E-state index contributed by atoms with van der Waals surface area (Å²) in [5, 5.41) is 8.92. The van der Waals surface area contributed by atoms with Crippen LogP contribution < -0.4 is 5.48 Å². The highest BCUT2D eigenvalue weighted by Crippen LogP contribution is 2.64. The first kappa shape index (κ1) is 12.6. The Kier molecular flexibility index (Phi) is 3.20. The van der Waals surface area contributed by atoms with Gasteiger partial charge in [-0.3, -0.25) is 10.7 Å². The smallest absolute Gasteiger partial charge is 0.0337 e. The number of hydroxylamine groups is 1. The summed E-state index contributed by atoms with van der Waals surface area (Å²) in [6.45, 7) is 13.4. The fraction of sp³-hybridized carbons (Fsp3) is 0.846. The number of allylic oxidation sites excluding steroid dienone is 2. The van der Waals surface area contributed by atoms with Gasteiger partial charge < -0.3 is 0 Å². The van der Waals surface area contributed by atoms with Crippen LogP contribution in [0.15, 0.2) is 11.3 Å². The summed E-state index contributed by atoms with van der Waals surface area (Å²) >= 11 is 0. The second kappa shape index (κ2) is 3.82. The molecule has 2 atom stereocenters. The highest BCUT2D eigenvalue weighted by atomic mass is 16.5. The summed E-state index contributed by atoms with van der Waals surface area (Å²) in [4.78, 5) is 0. The predicted octanol–water partition coefficient (Wildman–Crippen LogP) is 3.72. The normalized spacial score (nSPS) is 35.5. The van der Waals surface area contributed by atoms with Gasteiger partial charge in [0.2, 0.25) is 0 Å². The lowest BCUT2D eigenvalue weighted by Gasteiger charge is -2.61. The van der Waals surface area contributed by atoms with E-state index in [4.69, 9.17) is 5.21 Å². The van der Waals surface area contributed by atoms with Gasteiger partial charge in [0.25, 0.3) is 0 Å². The van der Waals surface area contributed by atoms with Gasteiger partial charge in [-0.1, -0.05) is 34.1 Å². The molecule has 1 aliphatic carbocycles. The van der Waals surface area contributed by atoms with Crippen LogP contribution in [0.3, 0.4) is 0 Å². The van der Waals surface area contributed by atoms with Crippen LogP contribution in [0.1, 0.15) is 54.4 Å². The molecule has 0 aromatic heterocycles. The Labute approximate surface area is 93.7 Å². The van der Waals surface area contributed by atoms with Gasteiger partial charge >= 0.3 is 0 Å². The lowest BCUT2D eigenvalue weighted by Crippen LogP contribution is -2.53. The van der Waals surface area contributed by atoms with Gasteiger partial charge in [-0.15, -0.1) is 0 Å². The van der Waals surface area contributed by atoms with Crippen molar-refractivity contribution in [1.82, 2.24) is 5.48 Å². The molecule has 0 aromatic carbocycles. The van der Waals surface area contributed by atoms with Crippen molar-refractivity contribution in [3.63, 3.8) is 0 Å². The van der Waals surface area contributed by atoms with E-state index in [1.54, 1.807) is 0 Å². The summed E-state index contributed by atoms with van der Waals surface area (Å²) in [6, 6.07) is 0. The van der Waals surface area contributed by atoms with Gasteiger partial charge in [-0.05, 0) is 42.6 Å². The van der Waals surface area contributed by atoms with Crippen molar-refractivity contribution in [2.24, 2.45) is 16.7 Å². The maximum Gasteiger partial charge on any atom is 0.0337 e. The maximum absolute atomic E-state index is 8.92. The van der Waals surface area contributed by atoms with Gasteiger partial charge in [-0.2, -0.15) is 0 Å². The van der Waals surface area contributed by atoms with Crippen LogP contribution in [0.2, 0.25) is 0 Å². The lowest BCUT2D eigenvalue weighted by atomic mass is 9.43. The Balaban J connectivity index is 2.89. The Morgan fingerprint density at radius 2 is 1.87 bits per heavy atom. The highest BCUT2D eigenvalue weighted by molar-refractivity contribution is 5.21. The lowest BCUT2D eigenvalue weighted by molar-refractivity contribution is -0.0920. The predicted molar refractivity (Wildman–Crippen MR) is 63.6 cm³/mol. The summed E-state index contributed by atoms with van der Waals surface area (Å²) in [5.74, 6) is 0.599. The molecular weight excluding hydrogens is 186 g/mol. The standard InChI is InChI=1S/C13H25NO/c1-7-13(6)8-11(12(13,4)5)9(2)10(3)14-15/h11,14-15H,7-8H2,1-6H3/b10-9+. The molecule has 0 radical (unpaired) electrons. The van der Waals surface area contributed by atoms with Crippen molar-refractivity contribution in [3.05, 3.63) is 11.3 Å². The molecule has 15 heavy (non-hydrogen) atoms. The third-order valence-electron chi connectivity index (χ3n) is 5.14. The van der Waals surface area contributed by atoms with Gasteiger partial charge in [0.15, 0.2) is 0 Å². The topological polar surface area (TPSA) is 32.3 Å². The molecule has 1 rings (SSSR count). The molecule has 2 nitrogen and oxygen atoms in total. The van der Waals surface area contributed by atoms with Crippen LogP contribution in [0.4, 0.5) is 0 Å². The van der Waals surface area contributed by atoms with Crippen molar-refractivity contribution in [2.75, 3.05) is 0 Å². The van der Waals surface area contributed by atoms with E-state index in [9.17, 15) is 0 Å². The average Bonchev–Trinajstić information content (AvgIpc) is 2.22. The first-order valence-corrected chi connectivity index (χ1v) is 5.87. The van der Waals surface area contributed by atoms with Crippen LogP contribution in [0.5, 0.6) is 0 Å². The number of nitrogens with one attached hydrogen (secondary N) is 1. The van der Waals surface area contributed by atoms with E-state index in [-0.39, 0.29) is 0 Å². The summed E-state index contributed by atoms with van der Waals surface area (Å²) in [7, 11) is 0. The zero-order chi connectivity index (χ0) is 11.9. The molecule has 0 bridgehead atoms. The second-order valence-electron chi connectivity index (χ2n) is 5.81. The fourth-order valence-electron chi connectivity index (χ4n) is 2.90. The Bertz CT molecular complexity index is 280. The molecule has 1 aliphatic rings. The second-order valence-corrected chi connectivity index (χ2v) is 5.81. The molecule has 88 valence electrons. The minimum atomic E-state index is 0.337. The zero-order valence-electron chi connectivity index (χ0n) is 10.9. The average molecular weight is 211 g/mol. The maximum atomic E-state index is 8.92. The minimum Gasteiger partial charge on any atom is -0.291 e. The zero-order valence-corrected chi connectivity index (χ0v) is 10.9. The van der Waals surface area contributed by atoms with E-state index in [0.717, 1.165) is 5.70 Å². The molecule has 0 amide bonds. The van der Waals surface area contributed by atoms with Crippen LogP contribution in [-0.4, -0.2) is 5.21 Å². The van der Waals surface area contributed by atoms with Gasteiger partial charge in [0.1, 0.15) is 0 Å². The number of hydrogen-bond donors (Lipinski definition) is 2. The first-order chi connectivity index (χ1) is 6.80. The largest absolute Gasteiger partial charge is 0.291 e. The van der Waals surface area contributed by atoms with E-state index in [0.29, 0.717) is 16.7 Å². The molecule has 1 saturated carbocycles. The fourth-order valence-corrected chi connectivity index (χ4v) is 2.90. The molecule has 2 heteroatoms. The van der Waals surface area contributed by atoms with Crippen molar-refractivity contribution in [2.45, 2.75) is 54.4 Å². The molecule has 2 N–H and O–H groups in total. The van der Waals surface area contributed by atoms with Crippen LogP contribution in [-0.2, 0) is 0 Å². The third kappa shape index (κ3) is 1.69. The van der Waals surface area contributed by atoms with Crippen LogP contribution in [0.25, 0.3) is 0 Å². The quantitative estimate of drug-likeness (QED) is 0.697. The van der Waals surface area contributed by atoms with Crippen molar-refractivity contribution in [1.29, 1.82) is 0 Å². The third-order valence-corrected chi connectivity index (χ3v) is 5.14. The van der Waals surface area contributed by atoms with E-state index >= 15 is 0 Å². The Hall–Kier alpha value is -0.500. The van der Waals surface area contributed by atoms with Crippen LogP contribution >= 0.6 is 0 Å². The minimum absolute atomic E-state index is 0.337. The van der Waals surface area contributed by atoms with Crippen molar-refractivity contribution >= 4 is 0 Å². The van der Waals surface area contributed by atoms with E-state index < -0.39 is 0 Å². The first-order valence-electron chi connectivity index (χ1n) is 5.87. The SMILES string of the molecule is CCC1(C)CC(/C(C)=C(\C)NO)C1(C)C. The molecule has 0 saturated heterocycles. The molecule has 0 aromatic rings. The van der Waals surface area contributed by atoms with E-state index in [1.165, 1.54) is 18.4 Å². The summed E-state index contributed by atoms with van der Waals surface area (Å²) < 4.78 is 0.